The van der Waals surface area contributed by atoms with Crippen molar-refractivity contribution in [3.8, 4) is 0 Å². The van der Waals surface area contributed by atoms with Crippen LogP contribution >= 0.6 is 0 Å². The van der Waals surface area contributed by atoms with Crippen molar-refractivity contribution in [2.45, 2.75) is 98.9 Å². The van der Waals surface area contributed by atoms with Gasteiger partial charge >= 0.3 is 6.09 Å². The number of carbonyl (C=O) groups is 4. The Hall–Kier alpha value is -3.88. The van der Waals surface area contributed by atoms with E-state index in [2.05, 4.69) is 10.6 Å². The smallest absolute Gasteiger partial charge is 0.408 e. The fourth-order valence-electron chi connectivity index (χ4n) is 4.52. The van der Waals surface area contributed by atoms with Gasteiger partial charge < -0.3 is 26.0 Å². The SMILES string of the molecule is CCC(C)N(C(=O)C(CC(N)=O)NC(=O)OC(C)(C)C)C(C(=O)Nc1c(C)cccc1C)c1cccc(C)c1C. The summed E-state index contributed by atoms with van der Waals surface area (Å²) >= 11 is 0. The quantitative estimate of drug-likeness (QED) is 0.382. The molecule has 3 unspecified atom stereocenters. The van der Waals surface area contributed by atoms with Crippen molar-refractivity contribution in [3.63, 3.8) is 0 Å². The molecule has 0 aliphatic rings. The summed E-state index contributed by atoms with van der Waals surface area (Å²) < 4.78 is 5.35. The minimum Gasteiger partial charge on any atom is -0.444 e. The van der Waals surface area contributed by atoms with E-state index in [0.717, 1.165) is 22.3 Å². The highest BCUT2D eigenvalue weighted by atomic mass is 16.6. The summed E-state index contributed by atoms with van der Waals surface area (Å²) in [6.45, 7) is 16.5. The van der Waals surface area contributed by atoms with E-state index in [1.54, 1.807) is 20.8 Å². The number of amides is 4. The molecule has 0 fully saturated rings. The summed E-state index contributed by atoms with van der Waals surface area (Å²) in [5, 5.41) is 5.57. The van der Waals surface area contributed by atoms with Crippen molar-refractivity contribution >= 4 is 29.5 Å². The lowest BCUT2D eigenvalue weighted by atomic mass is 9.93. The monoisotopic (exact) mass is 552 g/mol. The second kappa shape index (κ2) is 13.5. The molecule has 9 heteroatoms. The predicted molar refractivity (Wildman–Crippen MR) is 157 cm³/mol. The van der Waals surface area contributed by atoms with Crippen LogP contribution in [-0.2, 0) is 19.1 Å². The van der Waals surface area contributed by atoms with Gasteiger partial charge in [-0.05, 0) is 89.6 Å². The molecule has 4 amide bonds. The Morgan fingerprint density at radius 3 is 2.02 bits per heavy atom. The van der Waals surface area contributed by atoms with Gasteiger partial charge in [-0.1, -0.05) is 43.3 Å². The summed E-state index contributed by atoms with van der Waals surface area (Å²) in [5.41, 5.74) is 9.55. The molecule has 0 aromatic heterocycles. The number of carbonyl (C=O) groups excluding carboxylic acids is 4. The molecule has 0 radical (unpaired) electrons. The number of nitrogens with two attached hydrogens (primary N) is 1. The molecular weight excluding hydrogens is 508 g/mol. The van der Waals surface area contributed by atoms with Gasteiger partial charge in [0.25, 0.3) is 5.91 Å². The van der Waals surface area contributed by atoms with Gasteiger partial charge in [-0.2, -0.15) is 0 Å². The lowest BCUT2D eigenvalue weighted by Crippen LogP contribution is -2.55. The zero-order chi connectivity index (χ0) is 30.4. The molecule has 0 aliphatic heterocycles. The van der Waals surface area contributed by atoms with Gasteiger partial charge in [0, 0.05) is 11.7 Å². The molecule has 0 bridgehead atoms. The van der Waals surface area contributed by atoms with Crippen LogP contribution in [0, 0.1) is 27.7 Å². The summed E-state index contributed by atoms with van der Waals surface area (Å²) in [4.78, 5) is 54.6. The first-order chi connectivity index (χ1) is 18.6. The first kappa shape index (κ1) is 32.3. The Morgan fingerprint density at radius 2 is 1.50 bits per heavy atom. The molecule has 218 valence electrons. The molecular formula is C31H44N4O5. The first-order valence-electron chi connectivity index (χ1n) is 13.6. The molecule has 0 aliphatic carbocycles. The van der Waals surface area contributed by atoms with Gasteiger partial charge in [0.15, 0.2) is 0 Å². The highest BCUT2D eigenvalue weighted by Gasteiger charge is 2.40. The molecule has 2 aromatic carbocycles. The number of primary amides is 1. The van der Waals surface area contributed by atoms with Crippen LogP contribution in [0.2, 0.25) is 0 Å². The Kier molecular flexibility index (Phi) is 10.9. The van der Waals surface area contributed by atoms with E-state index >= 15 is 0 Å². The Morgan fingerprint density at radius 1 is 0.950 bits per heavy atom. The zero-order valence-corrected chi connectivity index (χ0v) is 25.2. The zero-order valence-electron chi connectivity index (χ0n) is 25.2. The van der Waals surface area contributed by atoms with E-state index in [1.807, 2.05) is 77.9 Å². The van der Waals surface area contributed by atoms with E-state index in [4.69, 9.17) is 10.5 Å². The normalized spacial score (nSPS) is 13.5. The van der Waals surface area contributed by atoms with Gasteiger partial charge in [-0.25, -0.2) is 4.79 Å². The second-order valence-electron chi connectivity index (χ2n) is 11.3. The van der Waals surface area contributed by atoms with Gasteiger partial charge in [0.1, 0.15) is 17.7 Å². The maximum atomic E-state index is 14.2. The van der Waals surface area contributed by atoms with E-state index in [-0.39, 0.29) is 0 Å². The number of nitrogens with zero attached hydrogens (tertiary/aromatic N) is 1. The maximum Gasteiger partial charge on any atom is 0.408 e. The summed E-state index contributed by atoms with van der Waals surface area (Å²) in [6.07, 6.45) is -0.804. The molecule has 40 heavy (non-hydrogen) atoms. The average molecular weight is 553 g/mol. The lowest BCUT2D eigenvalue weighted by molar-refractivity contribution is -0.144. The van der Waals surface area contributed by atoms with E-state index < -0.39 is 54.0 Å². The van der Waals surface area contributed by atoms with Crippen molar-refractivity contribution in [2.75, 3.05) is 5.32 Å². The Balaban J connectivity index is 2.68. The molecule has 0 saturated carbocycles. The standard InChI is InChI=1S/C31H44N4O5/c1-10-21(5)35(29(38)24(17-25(32)36)33-30(39)40-31(7,8)9)27(23-16-12-13-18(2)22(23)6)28(37)34-26-19(3)14-11-15-20(26)4/h11-16,21,24,27H,10,17H2,1-9H3,(H2,32,36)(H,33,39)(H,34,37). The van der Waals surface area contributed by atoms with E-state index in [1.165, 1.54) is 4.90 Å². The molecule has 2 rings (SSSR count). The third-order valence-corrected chi connectivity index (χ3v) is 6.91. The van der Waals surface area contributed by atoms with Crippen LogP contribution in [0.3, 0.4) is 0 Å². The highest BCUT2D eigenvalue weighted by molar-refractivity contribution is 6.00. The number of anilines is 1. The van der Waals surface area contributed by atoms with Crippen LogP contribution in [0.25, 0.3) is 0 Å². The average Bonchev–Trinajstić information content (AvgIpc) is 2.84. The third-order valence-electron chi connectivity index (χ3n) is 6.91. The Labute approximate surface area is 237 Å². The number of alkyl carbamates (subject to hydrolysis) is 1. The lowest BCUT2D eigenvalue weighted by Gasteiger charge is -2.39. The number of rotatable bonds is 10. The van der Waals surface area contributed by atoms with Crippen LogP contribution in [0.1, 0.15) is 81.3 Å². The summed E-state index contributed by atoms with van der Waals surface area (Å²) in [5.74, 6) is -1.79. The van der Waals surface area contributed by atoms with Crippen molar-refractivity contribution in [1.82, 2.24) is 10.2 Å². The number of nitrogens with one attached hydrogen (secondary N) is 2. The second-order valence-corrected chi connectivity index (χ2v) is 11.3. The van der Waals surface area contributed by atoms with Crippen LogP contribution in [0.4, 0.5) is 10.5 Å². The van der Waals surface area contributed by atoms with Crippen LogP contribution in [-0.4, -0.2) is 46.4 Å². The first-order valence-corrected chi connectivity index (χ1v) is 13.6. The molecule has 0 saturated heterocycles. The van der Waals surface area contributed by atoms with E-state index in [0.29, 0.717) is 17.7 Å². The number of para-hydroxylation sites is 1. The molecule has 9 nitrogen and oxygen atoms in total. The summed E-state index contributed by atoms with van der Waals surface area (Å²) in [6, 6.07) is 8.50. The predicted octanol–water partition coefficient (Wildman–Crippen LogP) is 5.00. The van der Waals surface area contributed by atoms with Gasteiger partial charge in [0.2, 0.25) is 11.8 Å². The van der Waals surface area contributed by atoms with Crippen LogP contribution < -0.4 is 16.4 Å². The molecule has 2 aromatic rings. The van der Waals surface area contributed by atoms with E-state index in [9.17, 15) is 19.2 Å². The Bertz CT molecular complexity index is 1230. The number of aryl methyl sites for hydroxylation is 3. The van der Waals surface area contributed by atoms with Crippen molar-refractivity contribution < 1.29 is 23.9 Å². The maximum absolute atomic E-state index is 14.2. The van der Waals surface area contributed by atoms with Gasteiger partial charge in [0.05, 0.1) is 6.42 Å². The summed E-state index contributed by atoms with van der Waals surface area (Å²) in [7, 11) is 0. The van der Waals surface area contributed by atoms with Crippen molar-refractivity contribution in [2.24, 2.45) is 5.73 Å². The largest absolute Gasteiger partial charge is 0.444 e. The molecule has 0 heterocycles. The number of hydrogen-bond acceptors (Lipinski definition) is 5. The van der Waals surface area contributed by atoms with Gasteiger partial charge in [-0.3, -0.25) is 14.4 Å². The van der Waals surface area contributed by atoms with Crippen LogP contribution in [0.15, 0.2) is 36.4 Å². The minimum atomic E-state index is -1.33. The van der Waals surface area contributed by atoms with Gasteiger partial charge in [-0.15, -0.1) is 0 Å². The topological polar surface area (TPSA) is 131 Å². The van der Waals surface area contributed by atoms with Crippen molar-refractivity contribution in [3.05, 3.63) is 64.2 Å². The van der Waals surface area contributed by atoms with Crippen molar-refractivity contribution in [1.29, 1.82) is 0 Å². The minimum absolute atomic E-state index is 0.408. The number of ether oxygens (including phenoxy) is 1. The third kappa shape index (κ3) is 8.31. The molecule has 4 N–H and O–H groups in total. The molecule has 0 spiro atoms. The fourth-order valence-corrected chi connectivity index (χ4v) is 4.52. The van der Waals surface area contributed by atoms with Crippen LogP contribution in [0.5, 0.6) is 0 Å². The number of benzene rings is 2. The fraction of sp³-hybridized carbons (Fsp3) is 0.484. The number of hydrogen-bond donors (Lipinski definition) is 3. The highest BCUT2D eigenvalue weighted by Crippen LogP contribution is 2.32. The molecule has 3 atom stereocenters.